The van der Waals surface area contributed by atoms with Crippen molar-refractivity contribution < 1.29 is 4.79 Å². The first-order chi connectivity index (χ1) is 15.7. The largest absolute Gasteiger partial charge is 0.339 e. The van der Waals surface area contributed by atoms with Crippen LogP contribution in [0, 0.1) is 12.8 Å². The fourth-order valence-corrected chi connectivity index (χ4v) is 5.35. The molecule has 0 bridgehead atoms. The summed E-state index contributed by atoms with van der Waals surface area (Å²) in [5.41, 5.74) is 3.78. The van der Waals surface area contributed by atoms with E-state index < -0.39 is 0 Å². The fraction of sp³-hybridized carbons (Fsp3) is 0.593. The van der Waals surface area contributed by atoms with Gasteiger partial charge in [0.1, 0.15) is 0 Å². The summed E-state index contributed by atoms with van der Waals surface area (Å²) in [6.07, 6.45) is 14.8. The summed E-state index contributed by atoms with van der Waals surface area (Å²) in [4.78, 5) is 26.5. The molecule has 2 fully saturated rings. The highest BCUT2D eigenvalue weighted by Crippen LogP contribution is 2.27. The molecule has 1 amide bonds. The summed E-state index contributed by atoms with van der Waals surface area (Å²) >= 11 is 0. The van der Waals surface area contributed by atoms with E-state index in [1.165, 1.54) is 49.7 Å². The molecule has 0 unspecified atom stereocenters. The van der Waals surface area contributed by atoms with E-state index in [4.69, 9.17) is 0 Å². The van der Waals surface area contributed by atoms with Crippen molar-refractivity contribution in [2.45, 2.75) is 70.8 Å². The van der Waals surface area contributed by atoms with Crippen molar-refractivity contribution in [3.63, 3.8) is 0 Å². The molecular weight excluding hydrogens is 396 g/mol. The van der Waals surface area contributed by atoms with Gasteiger partial charge in [0.05, 0.1) is 5.69 Å². The second-order valence-corrected chi connectivity index (χ2v) is 9.64. The van der Waals surface area contributed by atoms with E-state index in [0.29, 0.717) is 30.7 Å². The first-order valence-corrected chi connectivity index (χ1v) is 12.5. The quantitative estimate of drug-likeness (QED) is 0.585. The Balaban J connectivity index is 1.26. The Hall–Kier alpha value is -2.27. The zero-order valence-corrected chi connectivity index (χ0v) is 19.6. The van der Waals surface area contributed by atoms with Crippen LogP contribution in [0.3, 0.4) is 0 Å². The van der Waals surface area contributed by atoms with Crippen LogP contribution in [-0.4, -0.2) is 57.9 Å². The summed E-state index contributed by atoms with van der Waals surface area (Å²) in [6, 6.07) is 9.18. The average Bonchev–Trinajstić information content (AvgIpc) is 3.36. The molecule has 0 N–H and O–H groups in total. The molecule has 1 saturated carbocycles. The van der Waals surface area contributed by atoms with Crippen molar-refractivity contribution in [1.29, 1.82) is 0 Å². The van der Waals surface area contributed by atoms with E-state index in [0.717, 1.165) is 38.3 Å². The van der Waals surface area contributed by atoms with E-state index in [2.05, 4.69) is 51.0 Å². The first-order valence-electron chi connectivity index (χ1n) is 12.5. The number of hydrogen-bond acceptors (Lipinski definition) is 4. The molecule has 1 aliphatic heterocycles. The maximum atomic E-state index is 13.2. The van der Waals surface area contributed by atoms with Gasteiger partial charge in [-0.15, -0.1) is 0 Å². The Morgan fingerprint density at radius 1 is 1.06 bits per heavy atom. The predicted octanol–water partition coefficient (Wildman–Crippen LogP) is 4.44. The Bertz CT molecular complexity index is 842. The normalized spacial score (nSPS) is 18.2. The maximum absolute atomic E-state index is 13.2. The van der Waals surface area contributed by atoms with Crippen LogP contribution < -0.4 is 0 Å². The minimum absolute atomic E-state index is 0.310. The van der Waals surface area contributed by atoms with Crippen molar-refractivity contribution in [1.82, 2.24) is 19.8 Å². The van der Waals surface area contributed by atoms with Gasteiger partial charge in [-0.1, -0.05) is 37.1 Å². The Morgan fingerprint density at radius 3 is 2.56 bits per heavy atom. The van der Waals surface area contributed by atoms with Gasteiger partial charge in [0.15, 0.2) is 0 Å². The molecule has 32 heavy (non-hydrogen) atoms. The molecule has 5 heteroatoms. The van der Waals surface area contributed by atoms with Crippen LogP contribution >= 0.6 is 0 Å². The highest BCUT2D eigenvalue weighted by molar-refractivity contribution is 5.76. The Morgan fingerprint density at radius 2 is 1.84 bits per heavy atom. The Labute approximate surface area is 193 Å². The number of piperidine rings is 1. The van der Waals surface area contributed by atoms with E-state index in [1.54, 1.807) is 18.6 Å². The van der Waals surface area contributed by atoms with Crippen molar-refractivity contribution in [3.05, 3.63) is 59.7 Å². The monoisotopic (exact) mass is 434 g/mol. The number of hydrogen-bond donors (Lipinski definition) is 0. The molecule has 0 atom stereocenters. The van der Waals surface area contributed by atoms with Crippen LogP contribution in [0.1, 0.15) is 61.8 Å². The van der Waals surface area contributed by atoms with E-state index in [9.17, 15) is 4.79 Å². The SMILES string of the molecule is Cc1ccccc1CCN1CCC(CN(C(=O)CCc2cnccn2)C2CCCC2)CC1. The highest BCUT2D eigenvalue weighted by atomic mass is 16.2. The second kappa shape index (κ2) is 11.6. The topological polar surface area (TPSA) is 49.3 Å². The van der Waals surface area contributed by atoms with Crippen LogP contribution in [0.2, 0.25) is 0 Å². The van der Waals surface area contributed by atoms with E-state index in [-0.39, 0.29) is 0 Å². The van der Waals surface area contributed by atoms with Crippen molar-refractivity contribution >= 4 is 5.91 Å². The van der Waals surface area contributed by atoms with Gasteiger partial charge < -0.3 is 9.80 Å². The molecule has 2 aliphatic rings. The minimum Gasteiger partial charge on any atom is -0.339 e. The molecule has 1 aromatic carbocycles. The van der Waals surface area contributed by atoms with Crippen LogP contribution in [-0.2, 0) is 17.6 Å². The number of rotatable bonds is 9. The number of aryl methyl sites for hydroxylation is 2. The number of amides is 1. The second-order valence-electron chi connectivity index (χ2n) is 9.64. The molecule has 2 aromatic rings. The van der Waals surface area contributed by atoms with Crippen LogP contribution in [0.15, 0.2) is 42.9 Å². The van der Waals surface area contributed by atoms with Crippen LogP contribution in [0.4, 0.5) is 0 Å². The number of carbonyl (C=O) groups excluding carboxylic acids is 1. The fourth-order valence-electron chi connectivity index (χ4n) is 5.35. The van der Waals surface area contributed by atoms with Crippen molar-refractivity contribution in [2.24, 2.45) is 5.92 Å². The summed E-state index contributed by atoms with van der Waals surface area (Å²) < 4.78 is 0. The molecule has 0 radical (unpaired) electrons. The maximum Gasteiger partial charge on any atom is 0.223 e. The standard InChI is InChI=1S/C27H38N4O/c1-22-6-2-3-7-24(22)14-19-30-17-12-23(13-18-30)21-31(26-8-4-5-9-26)27(32)11-10-25-20-28-15-16-29-25/h2-3,6-7,15-16,20,23,26H,4-5,8-14,17-19,21H2,1H3. The van der Waals surface area contributed by atoms with Crippen molar-refractivity contribution in [2.75, 3.05) is 26.2 Å². The van der Waals surface area contributed by atoms with Gasteiger partial charge in [-0.25, -0.2) is 0 Å². The predicted molar refractivity (Wildman–Crippen MR) is 128 cm³/mol. The summed E-state index contributed by atoms with van der Waals surface area (Å²) in [7, 11) is 0. The van der Waals surface area contributed by atoms with Gasteiger partial charge in [-0.05, 0) is 75.6 Å². The minimum atomic E-state index is 0.310. The number of likely N-dealkylation sites (tertiary alicyclic amines) is 1. The molecule has 172 valence electrons. The van der Waals surface area contributed by atoms with Gasteiger partial charge in [-0.3, -0.25) is 14.8 Å². The van der Waals surface area contributed by atoms with Gasteiger partial charge in [0.2, 0.25) is 5.91 Å². The third-order valence-corrected chi connectivity index (χ3v) is 7.42. The molecule has 0 spiro atoms. The number of nitrogens with zero attached hydrogens (tertiary/aromatic N) is 4. The van der Waals surface area contributed by atoms with Gasteiger partial charge in [0.25, 0.3) is 0 Å². The zero-order valence-electron chi connectivity index (χ0n) is 19.6. The van der Waals surface area contributed by atoms with Crippen molar-refractivity contribution in [3.8, 4) is 0 Å². The molecule has 1 saturated heterocycles. The lowest BCUT2D eigenvalue weighted by Gasteiger charge is -2.37. The van der Waals surface area contributed by atoms with Crippen LogP contribution in [0.5, 0.6) is 0 Å². The van der Waals surface area contributed by atoms with E-state index in [1.807, 2.05) is 0 Å². The Kier molecular flexibility index (Phi) is 8.27. The summed E-state index contributed by atoms with van der Waals surface area (Å²) in [5, 5.41) is 0. The number of aromatic nitrogens is 2. The molecular formula is C27H38N4O. The lowest BCUT2D eigenvalue weighted by Crippen LogP contribution is -2.45. The number of carbonyl (C=O) groups is 1. The van der Waals surface area contributed by atoms with Gasteiger partial charge in [-0.2, -0.15) is 0 Å². The number of benzene rings is 1. The highest BCUT2D eigenvalue weighted by Gasteiger charge is 2.30. The van der Waals surface area contributed by atoms with Gasteiger partial charge in [0, 0.05) is 44.1 Å². The third kappa shape index (κ3) is 6.38. The lowest BCUT2D eigenvalue weighted by atomic mass is 9.94. The molecule has 5 nitrogen and oxygen atoms in total. The summed E-state index contributed by atoms with van der Waals surface area (Å²) in [5.74, 6) is 0.940. The van der Waals surface area contributed by atoms with E-state index >= 15 is 0 Å². The smallest absolute Gasteiger partial charge is 0.223 e. The van der Waals surface area contributed by atoms with Gasteiger partial charge >= 0.3 is 0 Å². The third-order valence-electron chi connectivity index (χ3n) is 7.42. The van der Waals surface area contributed by atoms with Crippen LogP contribution in [0.25, 0.3) is 0 Å². The lowest BCUT2D eigenvalue weighted by molar-refractivity contribution is -0.134. The first kappa shape index (κ1) is 22.9. The summed E-state index contributed by atoms with van der Waals surface area (Å²) in [6.45, 7) is 6.60. The zero-order chi connectivity index (χ0) is 22.2. The molecule has 4 rings (SSSR count). The molecule has 1 aliphatic carbocycles. The molecule has 1 aromatic heterocycles. The average molecular weight is 435 g/mol. The molecule has 2 heterocycles.